The average Bonchev–Trinajstić information content (AvgIpc) is 0.994. The van der Waals surface area contributed by atoms with Crippen molar-refractivity contribution >= 4 is 5.91 Å². The summed E-state index contributed by atoms with van der Waals surface area (Å²) in [5, 5.41) is 121. The van der Waals surface area contributed by atoms with Gasteiger partial charge in [-0.2, -0.15) is 0 Å². The van der Waals surface area contributed by atoms with Gasteiger partial charge in [-0.3, -0.25) is 4.79 Å². The van der Waals surface area contributed by atoms with Crippen molar-refractivity contribution in [2.24, 2.45) is 0 Å². The second-order valence-electron chi connectivity index (χ2n) is 27.1. The summed E-state index contributed by atoms with van der Waals surface area (Å²) in [6.07, 6.45) is 39.9. The summed E-state index contributed by atoms with van der Waals surface area (Å²) in [6, 6.07) is -0.995. The van der Waals surface area contributed by atoms with Crippen LogP contribution in [0.4, 0.5) is 0 Å². The average molecular weight is 1330 g/mol. The minimum atomic E-state index is -1.98. The van der Waals surface area contributed by atoms with Gasteiger partial charge in [0.2, 0.25) is 5.91 Å². The lowest BCUT2D eigenvalue weighted by atomic mass is 9.96. The molecule has 1 amide bonds. The number of nitrogens with one attached hydrogen (secondary N) is 1. The van der Waals surface area contributed by atoms with Crippen LogP contribution in [0.25, 0.3) is 0 Å². The molecule has 546 valence electrons. The molecule has 19 heteroatoms. The largest absolute Gasteiger partial charge is 0.394 e. The van der Waals surface area contributed by atoms with E-state index in [1.54, 1.807) is 6.08 Å². The Morgan fingerprint density at radius 3 is 1.08 bits per heavy atom. The maximum atomic E-state index is 13.4. The number of carbonyl (C=O) groups excluding carboxylic acids is 1. The Labute approximate surface area is 561 Å². The molecule has 12 N–H and O–H groups in total. The summed E-state index contributed by atoms with van der Waals surface area (Å²) in [4.78, 5) is 13.4. The monoisotopic (exact) mass is 1330 g/mol. The van der Waals surface area contributed by atoms with Crippen LogP contribution in [-0.2, 0) is 33.2 Å². The molecule has 0 spiro atoms. The third-order valence-electron chi connectivity index (χ3n) is 18.9. The van der Waals surface area contributed by atoms with Crippen molar-refractivity contribution in [2.75, 3.05) is 26.4 Å². The van der Waals surface area contributed by atoms with Gasteiger partial charge in [-0.05, 0) is 44.9 Å². The number of amides is 1. The molecule has 17 unspecified atom stereocenters. The Morgan fingerprint density at radius 1 is 0.376 bits per heavy atom. The molecule has 3 aliphatic heterocycles. The van der Waals surface area contributed by atoms with Gasteiger partial charge >= 0.3 is 0 Å². The first-order valence-corrected chi connectivity index (χ1v) is 37.7. The molecule has 0 radical (unpaired) electrons. The van der Waals surface area contributed by atoms with Gasteiger partial charge in [0.25, 0.3) is 0 Å². The molecular formula is C74H137NO18. The molecule has 0 aromatic rings. The Bertz CT molecular complexity index is 1830. The molecule has 17 atom stereocenters. The van der Waals surface area contributed by atoms with E-state index in [4.69, 9.17) is 28.4 Å². The fourth-order valence-corrected chi connectivity index (χ4v) is 12.8. The molecule has 93 heavy (non-hydrogen) atoms. The van der Waals surface area contributed by atoms with Crippen LogP contribution in [-0.4, -0.2) is 193 Å². The van der Waals surface area contributed by atoms with E-state index in [-0.39, 0.29) is 18.9 Å². The van der Waals surface area contributed by atoms with Gasteiger partial charge < -0.3 is 89.9 Å². The topological polar surface area (TPSA) is 307 Å². The van der Waals surface area contributed by atoms with Crippen LogP contribution in [0.1, 0.15) is 296 Å². The number of hydrogen-bond donors (Lipinski definition) is 12. The summed E-state index contributed by atoms with van der Waals surface area (Å²) in [5.41, 5.74) is 0. The van der Waals surface area contributed by atoms with E-state index in [1.165, 1.54) is 218 Å². The highest BCUT2D eigenvalue weighted by atomic mass is 16.8. The molecule has 0 aromatic heterocycles. The van der Waals surface area contributed by atoms with E-state index in [2.05, 4.69) is 43.5 Å². The van der Waals surface area contributed by atoms with Crippen LogP contribution in [0.3, 0.4) is 0 Å². The molecule has 3 saturated heterocycles. The number of rotatable bonds is 59. The minimum absolute atomic E-state index is 0.236. The number of aliphatic hydroxyl groups excluding tert-OH is 11. The number of hydrogen-bond acceptors (Lipinski definition) is 18. The highest BCUT2D eigenvalue weighted by molar-refractivity contribution is 5.76. The van der Waals surface area contributed by atoms with Gasteiger partial charge in [-0.25, -0.2) is 0 Å². The first-order chi connectivity index (χ1) is 45.3. The third-order valence-corrected chi connectivity index (χ3v) is 18.9. The first-order valence-electron chi connectivity index (χ1n) is 37.7. The first kappa shape index (κ1) is 85.2. The van der Waals surface area contributed by atoms with Crippen molar-refractivity contribution in [3.8, 4) is 0 Å². The molecule has 3 aliphatic rings. The van der Waals surface area contributed by atoms with Crippen molar-refractivity contribution in [1.82, 2.24) is 5.32 Å². The molecule has 0 aliphatic carbocycles. The second-order valence-corrected chi connectivity index (χ2v) is 27.1. The molecule has 3 rings (SSSR count). The van der Waals surface area contributed by atoms with Crippen LogP contribution in [0, 0.1) is 0 Å². The SMILES string of the molecule is CCCCCCCCCCCCCCCCCC/C=C/CC/C=C/CC/C=C/C(O)C(COC1OC(CO)C(OC2OC(CO)C(OC3OC(CO)C(O)C(O)C3O)C(O)C2O)C(O)C1O)NC(=O)CCCCCCCCCCCCCCCCCCCCCCCC. The van der Waals surface area contributed by atoms with E-state index in [0.717, 1.165) is 44.9 Å². The summed E-state index contributed by atoms with van der Waals surface area (Å²) < 4.78 is 34.4. The highest BCUT2D eigenvalue weighted by Gasteiger charge is 2.53. The lowest BCUT2D eigenvalue weighted by molar-refractivity contribution is -0.379. The zero-order valence-corrected chi connectivity index (χ0v) is 58.0. The Balaban J connectivity index is 1.43. The molecule has 0 bridgehead atoms. The van der Waals surface area contributed by atoms with E-state index in [0.29, 0.717) is 12.8 Å². The second kappa shape index (κ2) is 55.8. The molecule has 3 fully saturated rings. The lowest BCUT2D eigenvalue weighted by Crippen LogP contribution is -2.66. The number of aliphatic hydroxyl groups is 11. The summed E-state index contributed by atoms with van der Waals surface area (Å²) in [6.45, 7) is 1.75. The number of allylic oxidation sites excluding steroid dienone is 5. The van der Waals surface area contributed by atoms with Crippen LogP contribution in [0.2, 0.25) is 0 Å². The van der Waals surface area contributed by atoms with Gasteiger partial charge in [0.05, 0.1) is 38.6 Å². The molecule has 19 nitrogen and oxygen atoms in total. The summed E-state index contributed by atoms with van der Waals surface area (Å²) in [7, 11) is 0. The maximum absolute atomic E-state index is 13.4. The summed E-state index contributed by atoms with van der Waals surface area (Å²) >= 11 is 0. The fourth-order valence-electron chi connectivity index (χ4n) is 12.8. The maximum Gasteiger partial charge on any atom is 0.220 e. The summed E-state index contributed by atoms with van der Waals surface area (Å²) in [5.74, 6) is -0.284. The highest BCUT2D eigenvalue weighted by Crippen LogP contribution is 2.33. The predicted octanol–water partition coefficient (Wildman–Crippen LogP) is 11.2. The van der Waals surface area contributed by atoms with Crippen molar-refractivity contribution in [3.05, 3.63) is 36.5 Å². The zero-order valence-electron chi connectivity index (χ0n) is 58.0. The predicted molar refractivity (Wildman–Crippen MR) is 365 cm³/mol. The number of carbonyl (C=O) groups is 1. The fraction of sp³-hybridized carbons (Fsp3) is 0.905. The molecule has 0 saturated carbocycles. The van der Waals surface area contributed by atoms with Crippen LogP contribution < -0.4 is 5.32 Å². The van der Waals surface area contributed by atoms with Gasteiger partial charge in [-0.1, -0.05) is 281 Å². The minimum Gasteiger partial charge on any atom is -0.394 e. The smallest absolute Gasteiger partial charge is 0.220 e. The third kappa shape index (κ3) is 37.1. The van der Waals surface area contributed by atoms with E-state index >= 15 is 0 Å². The van der Waals surface area contributed by atoms with Gasteiger partial charge in [-0.15, -0.1) is 0 Å². The number of ether oxygens (including phenoxy) is 6. The van der Waals surface area contributed by atoms with Crippen molar-refractivity contribution < 1.29 is 89.4 Å². The lowest BCUT2D eigenvalue weighted by Gasteiger charge is -2.48. The normalized spacial score (nSPS) is 27.7. The quantitative estimate of drug-likeness (QED) is 0.0199. The van der Waals surface area contributed by atoms with E-state index < -0.39 is 124 Å². The van der Waals surface area contributed by atoms with E-state index in [9.17, 15) is 61.0 Å². The Morgan fingerprint density at radius 2 is 0.688 bits per heavy atom. The molecule has 3 heterocycles. The molecule has 0 aromatic carbocycles. The van der Waals surface area contributed by atoms with Crippen LogP contribution >= 0.6 is 0 Å². The Hall–Kier alpha value is -1.99. The van der Waals surface area contributed by atoms with Crippen molar-refractivity contribution in [1.29, 1.82) is 0 Å². The van der Waals surface area contributed by atoms with Crippen LogP contribution in [0.5, 0.6) is 0 Å². The zero-order chi connectivity index (χ0) is 67.5. The van der Waals surface area contributed by atoms with Crippen LogP contribution in [0.15, 0.2) is 36.5 Å². The van der Waals surface area contributed by atoms with E-state index in [1.807, 2.05) is 6.08 Å². The number of unbranched alkanes of at least 4 members (excludes halogenated alkanes) is 39. The Kier molecular flexibility index (Phi) is 51.2. The van der Waals surface area contributed by atoms with Gasteiger partial charge in [0.15, 0.2) is 18.9 Å². The molecular weight excluding hydrogens is 1190 g/mol. The van der Waals surface area contributed by atoms with Gasteiger partial charge in [0.1, 0.15) is 73.2 Å². The van der Waals surface area contributed by atoms with Crippen molar-refractivity contribution in [3.63, 3.8) is 0 Å². The van der Waals surface area contributed by atoms with Gasteiger partial charge in [0, 0.05) is 6.42 Å². The standard InChI is InChI=1S/C74H137NO18/c1-3-5-7-9-11-13-15-17-19-21-23-25-27-28-29-30-31-33-35-37-39-41-43-45-47-49-51-58(79)57(75-62(80)52-50-48-46-44-42-40-38-36-34-32-26-24-22-20-18-16-14-12-10-8-6-4-2)56-88-72-68(86)65(83)70(60(54-77)90-72)93-74-69(87)66(84)71(61(55-78)91-74)92-73-67(85)64(82)63(81)59(53-76)89-73/h33,35,41,43,49,51,57-61,63-74,76-79,81-87H,3-32,34,36-40,42,44-48,50,52-56H2,1-2H3,(H,75,80)/b35-33+,43-41+,51-49+. The van der Waals surface area contributed by atoms with Crippen molar-refractivity contribution in [2.45, 2.75) is 401 Å².